The highest BCUT2D eigenvalue weighted by atomic mass is 19.2. The molecule has 1 saturated heterocycles. The summed E-state index contributed by atoms with van der Waals surface area (Å²) in [5.41, 5.74) is 0. The number of ether oxygens (including phenoxy) is 2. The highest BCUT2D eigenvalue weighted by Crippen LogP contribution is 2.22. The van der Waals surface area contributed by atoms with Gasteiger partial charge in [-0.3, -0.25) is 0 Å². The Labute approximate surface area is 64.7 Å². The Kier molecular flexibility index (Phi) is 2.80. The second-order valence-electron chi connectivity index (χ2n) is 2.40. The Balaban J connectivity index is 2.46. The molecule has 0 amide bonds. The first-order valence-corrected chi connectivity index (χ1v) is 3.61. The molecular weight excluding hydrogens is 149 g/mol. The van der Waals surface area contributed by atoms with Crippen LogP contribution in [0.15, 0.2) is 0 Å². The van der Waals surface area contributed by atoms with Gasteiger partial charge in [-0.1, -0.05) is 0 Å². The third-order valence-electron chi connectivity index (χ3n) is 1.46. The number of alkyl halides is 1. The van der Waals surface area contributed by atoms with Crippen molar-refractivity contribution in [1.29, 1.82) is 5.26 Å². The maximum absolute atomic E-state index is 13.2. The standard InChI is InChI=1S/C7H10FNO2/c8-7(3-4-9)10-5-1-2-6-11-7/h1-3,5-6H2. The largest absolute Gasteiger partial charge is 0.333 e. The fourth-order valence-electron chi connectivity index (χ4n) is 0.891. The molecule has 1 aliphatic rings. The van der Waals surface area contributed by atoms with Crippen LogP contribution in [0.5, 0.6) is 0 Å². The molecule has 0 radical (unpaired) electrons. The number of nitrogens with zero attached hydrogens (tertiary/aromatic N) is 1. The maximum Gasteiger partial charge on any atom is 0.333 e. The monoisotopic (exact) mass is 159 g/mol. The highest BCUT2D eigenvalue weighted by Gasteiger charge is 2.32. The summed E-state index contributed by atoms with van der Waals surface area (Å²) in [5, 5.41) is 8.23. The minimum Gasteiger partial charge on any atom is -0.323 e. The third kappa shape index (κ3) is 2.45. The van der Waals surface area contributed by atoms with Crippen LogP contribution in [0.25, 0.3) is 0 Å². The van der Waals surface area contributed by atoms with Crippen molar-refractivity contribution in [2.75, 3.05) is 13.2 Å². The van der Waals surface area contributed by atoms with Gasteiger partial charge >= 0.3 is 6.04 Å². The smallest absolute Gasteiger partial charge is 0.323 e. The Morgan fingerprint density at radius 3 is 2.36 bits per heavy atom. The lowest BCUT2D eigenvalue weighted by Crippen LogP contribution is -2.29. The molecule has 0 aromatic carbocycles. The number of hydrogen-bond donors (Lipinski definition) is 0. The second-order valence-corrected chi connectivity index (χ2v) is 2.40. The van der Waals surface area contributed by atoms with Crippen LogP contribution in [0, 0.1) is 11.3 Å². The Morgan fingerprint density at radius 1 is 1.36 bits per heavy atom. The molecule has 11 heavy (non-hydrogen) atoms. The van der Waals surface area contributed by atoms with E-state index in [0.29, 0.717) is 13.2 Å². The van der Waals surface area contributed by atoms with E-state index in [-0.39, 0.29) is 6.42 Å². The van der Waals surface area contributed by atoms with Gasteiger partial charge in [-0.15, -0.1) is 0 Å². The third-order valence-corrected chi connectivity index (χ3v) is 1.46. The number of halogens is 1. The van der Waals surface area contributed by atoms with Gasteiger partial charge in [0.1, 0.15) is 6.42 Å². The van der Waals surface area contributed by atoms with Crippen LogP contribution in [-0.4, -0.2) is 19.3 Å². The number of hydrogen-bond acceptors (Lipinski definition) is 3. The zero-order valence-electron chi connectivity index (χ0n) is 6.18. The molecule has 1 rings (SSSR count). The van der Waals surface area contributed by atoms with Crippen molar-refractivity contribution in [2.45, 2.75) is 25.3 Å². The van der Waals surface area contributed by atoms with Crippen LogP contribution in [0.3, 0.4) is 0 Å². The van der Waals surface area contributed by atoms with Crippen molar-refractivity contribution in [3.8, 4) is 6.07 Å². The Bertz CT molecular complexity index is 158. The molecule has 0 saturated carbocycles. The lowest BCUT2D eigenvalue weighted by atomic mass is 10.3. The summed E-state index contributed by atoms with van der Waals surface area (Å²) in [4.78, 5) is 0. The quantitative estimate of drug-likeness (QED) is 0.580. The van der Waals surface area contributed by atoms with E-state index in [2.05, 4.69) is 0 Å². The van der Waals surface area contributed by atoms with Crippen LogP contribution >= 0.6 is 0 Å². The van der Waals surface area contributed by atoms with Gasteiger partial charge in [-0.25, -0.2) is 0 Å². The topological polar surface area (TPSA) is 42.2 Å². The van der Waals surface area contributed by atoms with E-state index in [1.807, 2.05) is 0 Å². The Hall–Kier alpha value is -0.660. The predicted molar refractivity (Wildman–Crippen MR) is 35.2 cm³/mol. The van der Waals surface area contributed by atoms with Gasteiger partial charge in [-0.2, -0.15) is 9.65 Å². The second kappa shape index (κ2) is 3.65. The maximum atomic E-state index is 13.2. The average Bonchev–Trinajstić information content (AvgIpc) is 2.15. The minimum absolute atomic E-state index is 0.332. The van der Waals surface area contributed by atoms with Crippen molar-refractivity contribution < 1.29 is 13.9 Å². The first-order valence-electron chi connectivity index (χ1n) is 3.61. The molecule has 62 valence electrons. The van der Waals surface area contributed by atoms with Crippen LogP contribution in [0.1, 0.15) is 19.3 Å². The summed E-state index contributed by atoms with van der Waals surface area (Å²) < 4.78 is 22.6. The molecule has 0 aromatic heterocycles. The molecule has 1 aliphatic heterocycles. The molecule has 0 unspecified atom stereocenters. The van der Waals surface area contributed by atoms with Gasteiger partial charge in [0.05, 0.1) is 19.3 Å². The molecule has 1 fully saturated rings. The summed E-state index contributed by atoms with van der Waals surface area (Å²) in [6.07, 6.45) is 1.22. The lowest BCUT2D eigenvalue weighted by Gasteiger charge is -2.19. The van der Waals surface area contributed by atoms with Gasteiger partial charge in [0.15, 0.2) is 0 Å². The predicted octanol–water partition coefficient (Wildman–Crippen LogP) is 1.35. The van der Waals surface area contributed by atoms with E-state index >= 15 is 0 Å². The van der Waals surface area contributed by atoms with Gasteiger partial charge in [-0.05, 0) is 12.8 Å². The van der Waals surface area contributed by atoms with Crippen molar-refractivity contribution in [3.63, 3.8) is 0 Å². The summed E-state index contributed by atoms with van der Waals surface area (Å²) in [5.74, 6) is 0. The molecule has 1 heterocycles. The molecular formula is C7H10FNO2. The number of nitriles is 1. The van der Waals surface area contributed by atoms with E-state index in [1.165, 1.54) is 0 Å². The average molecular weight is 159 g/mol. The van der Waals surface area contributed by atoms with Gasteiger partial charge in [0.2, 0.25) is 0 Å². The van der Waals surface area contributed by atoms with Crippen molar-refractivity contribution in [1.82, 2.24) is 0 Å². The zero-order valence-corrected chi connectivity index (χ0v) is 6.18. The zero-order chi connectivity index (χ0) is 8.16. The first-order chi connectivity index (χ1) is 5.27. The van der Waals surface area contributed by atoms with Crippen molar-refractivity contribution in [2.24, 2.45) is 0 Å². The lowest BCUT2D eigenvalue weighted by molar-refractivity contribution is -0.303. The van der Waals surface area contributed by atoms with Gasteiger partial charge < -0.3 is 9.47 Å². The molecule has 0 N–H and O–H groups in total. The van der Waals surface area contributed by atoms with Crippen molar-refractivity contribution >= 4 is 0 Å². The Morgan fingerprint density at radius 2 is 1.91 bits per heavy atom. The van der Waals surface area contributed by atoms with E-state index in [0.717, 1.165) is 12.8 Å². The SMILES string of the molecule is N#CCC1(F)OCCCCO1. The van der Waals surface area contributed by atoms with Crippen LogP contribution in [0.4, 0.5) is 4.39 Å². The minimum atomic E-state index is -2.15. The molecule has 0 spiro atoms. The highest BCUT2D eigenvalue weighted by molar-refractivity contribution is 4.77. The molecule has 4 heteroatoms. The summed E-state index contributed by atoms with van der Waals surface area (Å²) in [6.45, 7) is 0.663. The van der Waals surface area contributed by atoms with Gasteiger partial charge in [0.25, 0.3) is 0 Å². The van der Waals surface area contributed by atoms with Gasteiger partial charge in [0, 0.05) is 0 Å². The van der Waals surface area contributed by atoms with Crippen LogP contribution in [0.2, 0.25) is 0 Å². The van der Waals surface area contributed by atoms with E-state index in [9.17, 15) is 4.39 Å². The normalized spacial score (nSPS) is 23.6. The van der Waals surface area contributed by atoms with E-state index in [4.69, 9.17) is 14.7 Å². The molecule has 0 bridgehead atoms. The van der Waals surface area contributed by atoms with Crippen LogP contribution < -0.4 is 0 Å². The van der Waals surface area contributed by atoms with Crippen LogP contribution in [-0.2, 0) is 9.47 Å². The summed E-state index contributed by atoms with van der Waals surface area (Å²) >= 11 is 0. The van der Waals surface area contributed by atoms with Crippen molar-refractivity contribution in [3.05, 3.63) is 0 Å². The molecule has 0 aliphatic carbocycles. The molecule has 0 aromatic rings. The first kappa shape index (κ1) is 8.44. The fraction of sp³-hybridized carbons (Fsp3) is 0.857. The molecule has 3 nitrogen and oxygen atoms in total. The van der Waals surface area contributed by atoms with E-state index in [1.54, 1.807) is 6.07 Å². The van der Waals surface area contributed by atoms with E-state index < -0.39 is 6.04 Å². The summed E-state index contributed by atoms with van der Waals surface area (Å²) in [6, 6.07) is -0.467. The number of rotatable bonds is 1. The summed E-state index contributed by atoms with van der Waals surface area (Å²) in [7, 11) is 0. The fourth-order valence-corrected chi connectivity index (χ4v) is 0.891. The molecule has 0 atom stereocenters.